The molecule has 2 unspecified atom stereocenters. The Balaban J connectivity index is 2.84. The van der Waals surface area contributed by atoms with Crippen molar-refractivity contribution in [3.05, 3.63) is 30.1 Å². The second-order valence-electron chi connectivity index (χ2n) is 5.46. The van der Waals surface area contributed by atoms with E-state index in [-0.39, 0.29) is 0 Å². The van der Waals surface area contributed by atoms with Gasteiger partial charge in [0.2, 0.25) is 0 Å². The van der Waals surface area contributed by atoms with Crippen molar-refractivity contribution in [2.24, 2.45) is 5.92 Å². The van der Waals surface area contributed by atoms with E-state index in [2.05, 4.69) is 50.1 Å². The quantitative estimate of drug-likeness (QED) is 0.714. The third-order valence-corrected chi connectivity index (χ3v) is 3.96. The maximum atomic E-state index is 4.54. The van der Waals surface area contributed by atoms with Gasteiger partial charge in [-0.25, -0.2) is 0 Å². The number of pyridine rings is 1. The molecule has 0 radical (unpaired) electrons. The van der Waals surface area contributed by atoms with E-state index < -0.39 is 0 Å². The average Bonchev–Trinajstić information content (AvgIpc) is 2.45. The molecule has 0 spiro atoms. The summed E-state index contributed by atoms with van der Waals surface area (Å²) in [4.78, 5) is 4.54. The fourth-order valence-electron chi connectivity index (χ4n) is 3.06. The first-order valence-electron chi connectivity index (χ1n) is 7.88. The predicted octanol–water partition coefficient (Wildman–Crippen LogP) is 4.38. The van der Waals surface area contributed by atoms with Crippen molar-refractivity contribution in [3.63, 3.8) is 0 Å². The number of rotatable bonds is 9. The van der Waals surface area contributed by atoms with Gasteiger partial charge in [-0.05, 0) is 37.4 Å². The molecule has 2 nitrogen and oxygen atoms in total. The molecule has 0 aliphatic carbocycles. The standard InChI is InChI=1S/C17H30N2/c1-5-10-15(11-6-2)17(18-7-3)14(4)16-12-8-9-13-19-16/h8-9,12-15,17-18H,5-7,10-11H2,1-4H3. The van der Waals surface area contributed by atoms with Crippen LogP contribution >= 0.6 is 0 Å². The van der Waals surface area contributed by atoms with E-state index in [1.54, 1.807) is 0 Å². The van der Waals surface area contributed by atoms with Gasteiger partial charge in [-0.1, -0.05) is 46.6 Å². The summed E-state index contributed by atoms with van der Waals surface area (Å²) >= 11 is 0. The molecule has 0 amide bonds. The topological polar surface area (TPSA) is 24.9 Å². The zero-order valence-corrected chi connectivity index (χ0v) is 13.0. The Morgan fingerprint density at radius 2 is 1.79 bits per heavy atom. The highest BCUT2D eigenvalue weighted by Crippen LogP contribution is 2.28. The van der Waals surface area contributed by atoms with Crippen molar-refractivity contribution >= 4 is 0 Å². The number of likely N-dealkylation sites (N-methyl/N-ethyl adjacent to an activating group) is 1. The molecule has 108 valence electrons. The molecule has 1 aromatic heterocycles. The number of nitrogens with zero attached hydrogens (tertiary/aromatic N) is 1. The van der Waals surface area contributed by atoms with E-state index in [4.69, 9.17) is 0 Å². The van der Waals surface area contributed by atoms with Crippen molar-refractivity contribution in [1.29, 1.82) is 0 Å². The van der Waals surface area contributed by atoms with E-state index in [9.17, 15) is 0 Å². The lowest BCUT2D eigenvalue weighted by molar-refractivity contribution is 0.281. The summed E-state index contributed by atoms with van der Waals surface area (Å²) in [5.41, 5.74) is 1.21. The van der Waals surface area contributed by atoms with Gasteiger partial charge in [-0.2, -0.15) is 0 Å². The lowest BCUT2D eigenvalue weighted by Crippen LogP contribution is -2.40. The molecule has 0 fully saturated rings. The molecule has 0 aliphatic rings. The lowest BCUT2D eigenvalue weighted by atomic mass is 9.82. The van der Waals surface area contributed by atoms with Crippen LogP contribution in [0.25, 0.3) is 0 Å². The molecule has 1 heterocycles. The number of nitrogens with one attached hydrogen (secondary N) is 1. The number of aromatic nitrogens is 1. The molecular formula is C17H30N2. The Kier molecular flexibility index (Phi) is 7.73. The normalized spacial score (nSPS) is 14.6. The second-order valence-corrected chi connectivity index (χ2v) is 5.46. The van der Waals surface area contributed by atoms with Crippen LogP contribution in [0, 0.1) is 5.92 Å². The van der Waals surface area contributed by atoms with Crippen LogP contribution in [0.4, 0.5) is 0 Å². The molecule has 0 aliphatic heterocycles. The smallest absolute Gasteiger partial charge is 0.0447 e. The van der Waals surface area contributed by atoms with Gasteiger partial charge in [0.1, 0.15) is 0 Å². The summed E-state index contributed by atoms with van der Waals surface area (Å²) in [7, 11) is 0. The highest BCUT2D eigenvalue weighted by atomic mass is 14.9. The van der Waals surface area contributed by atoms with E-state index in [0.29, 0.717) is 12.0 Å². The first-order chi connectivity index (χ1) is 9.24. The van der Waals surface area contributed by atoms with Crippen molar-refractivity contribution in [2.45, 2.75) is 65.3 Å². The van der Waals surface area contributed by atoms with Crippen LogP contribution < -0.4 is 5.32 Å². The summed E-state index contributed by atoms with van der Waals surface area (Å²) in [5, 5.41) is 3.71. The van der Waals surface area contributed by atoms with Gasteiger partial charge in [-0.3, -0.25) is 4.98 Å². The van der Waals surface area contributed by atoms with Crippen LogP contribution in [0.5, 0.6) is 0 Å². The fraction of sp³-hybridized carbons (Fsp3) is 0.706. The van der Waals surface area contributed by atoms with Crippen LogP contribution in [0.15, 0.2) is 24.4 Å². The number of hydrogen-bond acceptors (Lipinski definition) is 2. The molecule has 1 aromatic rings. The van der Waals surface area contributed by atoms with E-state index in [1.807, 2.05) is 12.3 Å². The van der Waals surface area contributed by atoms with Crippen molar-refractivity contribution < 1.29 is 0 Å². The summed E-state index contributed by atoms with van der Waals surface area (Å²) < 4.78 is 0. The van der Waals surface area contributed by atoms with Gasteiger partial charge in [0.25, 0.3) is 0 Å². The Bertz CT molecular complexity index is 317. The number of hydrogen-bond donors (Lipinski definition) is 1. The monoisotopic (exact) mass is 262 g/mol. The minimum atomic E-state index is 0.476. The summed E-state index contributed by atoms with van der Waals surface area (Å²) in [6, 6.07) is 6.79. The van der Waals surface area contributed by atoms with Gasteiger partial charge >= 0.3 is 0 Å². The largest absolute Gasteiger partial charge is 0.313 e. The van der Waals surface area contributed by atoms with Crippen LogP contribution in [-0.2, 0) is 0 Å². The Morgan fingerprint density at radius 3 is 2.26 bits per heavy atom. The van der Waals surface area contributed by atoms with Crippen LogP contribution in [0.3, 0.4) is 0 Å². The summed E-state index contributed by atoms with van der Waals surface area (Å²) in [5.74, 6) is 1.23. The minimum absolute atomic E-state index is 0.476. The van der Waals surface area contributed by atoms with E-state index in [0.717, 1.165) is 12.5 Å². The maximum Gasteiger partial charge on any atom is 0.0447 e. The van der Waals surface area contributed by atoms with Crippen molar-refractivity contribution in [3.8, 4) is 0 Å². The Morgan fingerprint density at radius 1 is 1.11 bits per heavy atom. The second kappa shape index (κ2) is 9.08. The van der Waals surface area contributed by atoms with Crippen LogP contribution in [-0.4, -0.2) is 17.6 Å². The van der Waals surface area contributed by atoms with E-state index in [1.165, 1.54) is 31.4 Å². The molecule has 1 N–H and O–H groups in total. The van der Waals surface area contributed by atoms with Crippen LogP contribution in [0.1, 0.15) is 65.0 Å². The molecule has 19 heavy (non-hydrogen) atoms. The Hall–Kier alpha value is -0.890. The van der Waals surface area contributed by atoms with Gasteiger partial charge in [0.05, 0.1) is 0 Å². The molecule has 0 bridgehead atoms. The summed E-state index contributed by atoms with van der Waals surface area (Å²) in [6.07, 6.45) is 7.05. The molecule has 2 atom stereocenters. The average molecular weight is 262 g/mol. The highest BCUT2D eigenvalue weighted by molar-refractivity contribution is 5.11. The Labute approximate surface area is 119 Å². The maximum absolute atomic E-state index is 4.54. The van der Waals surface area contributed by atoms with Crippen molar-refractivity contribution in [1.82, 2.24) is 10.3 Å². The molecular weight excluding hydrogens is 232 g/mol. The van der Waals surface area contributed by atoms with Gasteiger partial charge in [0, 0.05) is 23.9 Å². The van der Waals surface area contributed by atoms with E-state index >= 15 is 0 Å². The molecule has 2 heteroatoms. The third-order valence-electron chi connectivity index (χ3n) is 3.96. The van der Waals surface area contributed by atoms with Gasteiger partial charge < -0.3 is 5.32 Å². The van der Waals surface area contributed by atoms with Crippen LogP contribution in [0.2, 0.25) is 0 Å². The minimum Gasteiger partial charge on any atom is -0.313 e. The molecule has 0 aromatic carbocycles. The zero-order valence-electron chi connectivity index (χ0n) is 13.0. The molecule has 1 rings (SSSR count). The zero-order chi connectivity index (χ0) is 14.1. The SMILES string of the molecule is CCCC(CCC)C(NCC)C(C)c1ccccn1. The molecule has 0 saturated carbocycles. The summed E-state index contributed by atoms with van der Waals surface area (Å²) in [6.45, 7) is 10.1. The van der Waals surface area contributed by atoms with Gasteiger partial charge in [0.15, 0.2) is 0 Å². The van der Waals surface area contributed by atoms with Gasteiger partial charge in [-0.15, -0.1) is 0 Å². The fourth-order valence-corrected chi connectivity index (χ4v) is 3.06. The van der Waals surface area contributed by atoms with Crippen molar-refractivity contribution in [2.75, 3.05) is 6.54 Å². The molecule has 0 saturated heterocycles. The third kappa shape index (κ3) is 4.94. The lowest BCUT2D eigenvalue weighted by Gasteiger charge is -2.32. The predicted molar refractivity (Wildman–Crippen MR) is 83.4 cm³/mol. The first-order valence-corrected chi connectivity index (χ1v) is 7.88. The highest BCUT2D eigenvalue weighted by Gasteiger charge is 2.26. The first kappa shape index (κ1) is 16.2.